The first-order chi connectivity index (χ1) is 10.3. The second-order valence-electron chi connectivity index (χ2n) is 4.99. The second kappa shape index (κ2) is 6.10. The Morgan fingerprint density at radius 2 is 1.81 bits per heavy atom. The maximum atomic E-state index is 5.39. The Hall–Kier alpha value is -2.14. The van der Waals surface area contributed by atoms with Crippen LogP contribution in [0, 0.1) is 6.92 Å². The third-order valence-electron chi connectivity index (χ3n) is 3.73. The van der Waals surface area contributed by atoms with Crippen molar-refractivity contribution in [3.63, 3.8) is 0 Å². The predicted molar refractivity (Wildman–Crippen MR) is 81.8 cm³/mol. The topological polar surface area (TPSA) is 47.5 Å². The molecule has 2 aromatic rings. The molecule has 5 heteroatoms. The van der Waals surface area contributed by atoms with Gasteiger partial charge in [0.15, 0.2) is 0 Å². The lowest BCUT2D eigenvalue weighted by atomic mass is 10.0. The zero-order valence-corrected chi connectivity index (χ0v) is 12.4. The molecule has 3 rings (SSSR count). The monoisotopic (exact) mass is 285 g/mol. The van der Waals surface area contributed by atoms with Gasteiger partial charge in [0.25, 0.3) is 0 Å². The molecule has 0 radical (unpaired) electrons. The minimum Gasteiger partial charge on any atom is -0.480 e. The summed E-state index contributed by atoms with van der Waals surface area (Å²) in [7, 11) is 1.63. The van der Waals surface area contributed by atoms with Gasteiger partial charge in [0.2, 0.25) is 5.88 Å². The highest BCUT2D eigenvalue weighted by Crippen LogP contribution is 2.31. The number of hydrogen-bond acceptors (Lipinski definition) is 5. The highest BCUT2D eigenvalue weighted by atomic mass is 16.5. The van der Waals surface area contributed by atoms with E-state index in [-0.39, 0.29) is 0 Å². The number of hydrogen-bond donors (Lipinski definition) is 0. The molecule has 0 aliphatic carbocycles. The molecule has 0 unspecified atom stereocenters. The molecule has 2 heterocycles. The number of benzene rings is 1. The Morgan fingerprint density at radius 3 is 2.48 bits per heavy atom. The molecule has 0 saturated carbocycles. The molecule has 0 bridgehead atoms. The van der Waals surface area contributed by atoms with Crippen molar-refractivity contribution in [2.75, 3.05) is 38.3 Å². The summed E-state index contributed by atoms with van der Waals surface area (Å²) in [5.41, 5.74) is 4.16. The van der Waals surface area contributed by atoms with Crippen molar-refractivity contribution >= 4 is 5.69 Å². The van der Waals surface area contributed by atoms with Gasteiger partial charge in [0, 0.05) is 18.8 Å². The second-order valence-corrected chi connectivity index (χ2v) is 4.99. The Morgan fingerprint density at radius 1 is 1.10 bits per heavy atom. The standard InChI is InChI=1S/C16H19N3O2/c1-12-15(16(20-2)18-11-17-12)13-3-5-14(6-4-13)19-7-9-21-10-8-19/h3-6,11H,7-10H2,1-2H3. The van der Waals surface area contributed by atoms with E-state index in [2.05, 4.69) is 39.1 Å². The summed E-state index contributed by atoms with van der Waals surface area (Å²) < 4.78 is 10.7. The van der Waals surface area contributed by atoms with Crippen molar-refractivity contribution in [1.82, 2.24) is 9.97 Å². The molecule has 0 spiro atoms. The molecule has 0 N–H and O–H groups in total. The Balaban J connectivity index is 1.90. The van der Waals surface area contributed by atoms with Crippen LogP contribution in [0.4, 0.5) is 5.69 Å². The van der Waals surface area contributed by atoms with Gasteiger partial charge in [-0.1, -0.05) is 12.1 Å². The number of aromatic nitrogens is 2. The molecule has 5 nitrogen and oxygen atoms in total. The maximum Gasteiger partial charge on any atom is 0.224 e. The summed E-state index contributed by atoms with van der Waals surface area (Å²) >= 11 is 0. The van der Waals surface area contributed by atoms with Gasteiger partial charge in [-0.15, -0.1) is 0 Å². The number of morpholine rings is 1. The van der Waals surface area contributed by atoms with E-state index in [9.17, 15) is 0 Å². The normalized spacial score (nSPS) is 15.0. The smallest absolute Gasteiger partial charge is 0.224 e. The Labute approximate surface area is 124 Å². The van der Waals surface area contributed by atoms with Gasteiger partial charge in [-0.25, -0.2) is 9.97 Å². The lowest BCUT2D eigenvalue weighted by Gasteiger charge is -2.29. The average molecular weight is 285 g/mol. The molecule has 1 aliphatic heterocycles. The molecule has 1 aliphatic rings. The van der Waals surface area contributed by atoms with E-state index in [0.717, 1.165) is 43.1 Å². The quantitative estimate of drug-likeness (QED) is 0.866. The molecule has 1 aromatic carbocycles. The lowest BCUT2D eigenvalue weighted by Crippen LogP contribution is -2.36. The molecule has 0 atom stereocenters. The summed E-state index contributed by atoms with van der Waals surface area (Å²) in [5.74, 6) is 0.613. The van der Waals surface area contributed by atoms with E-state index in [0.29, 0.717) is 5.88 Å². The Kier molecular flexibility index (Phi) is 4.01. The molecule has 1 fully saturated rings. The molecule has 1 saturated heterocycles. The number of ether oxygens (including phenoxy) is 2. The minimum absolute atomic E-state index is 0.613. The van der Waals surface area contributed by atoms with Crippen LogP contribution in [-0.2, 0) is 4.74 Å². The van der Waals surface area contributed by atoms with E-state index < -0.39 is 0 Å². The van der Waals surface area contributed by atoms with Crippen LogP contribution in [0.3, 0.4) is 0 Å². The van der Waals surface area contributed by atoms with Crippen LogP contribution in [0.15, 0.2) is 30.6 Å². The van der Waals surface area contributed by atoms with Gasteiger partial charge in [0.1, 0.15) is 6.33 Å². The van der Waals surface area contributed by atoms with Crippen molar-refractivity contribution in [2.45, 2.75) is 6.92 Å². The highest BCUT2D eigenvalue weighted by Gasteiger charge is 2.14. The highest BCUT2D eigenvalue weighted by molar-refractivity contribution is 5.72. The van der Waals surface area contributed by atoms with Crippen molar-refractivity contribution in [1.29, 1.82) is 0 Å². The van der Waals surface area contributed by atoms with Crippen LogP contribution in [0.1, 0.15) is 5.69 Å². The zero-order valence-electron chi connectivity index (χ0n) is 12.4. The van der Waals surface area contributed by atoms with E-state index in [4.69, 9.17) is 9.47 Å². The van der Waals surface area contributed by atoms with Gasteiger partial charge >= 0.3 is 0 Å². The summed E-state index contributed by atoms with van der Waals surface area (Å²) in [4.78, 5) is 10.8. The van der Waals surface area contributed by atoms with Crippen molar-refractivity contribution < 1.29 is 9.47 Å². The van der Waals surface area contributed by atoms with Crippen LogP contribution in [0.5, 0.6) is 5.88 Å². The summed E-state index contributed by atoms with van der Waals surface area (Å²) in [6, 6.07) is 8.46. The number of methoxy groups -OCH3 is 1. The van der Waals surface area contributed by atoms with E-state index in [1.807, 2.05) is 6.92 Å². The van der Waals surface area contributed by atoms with Crippen LogP contribution in [0.25, 0.3) is 11.1 Å². The first-order valence-electron chi connectivity index (χ1n) is 7.08. The van der Waals surface area contributed by atoms with Gasteiger partial charge < -0.3 is 14.4 Å². The van der Waals surface area contributed by atoms with Crippen LogP contribution in [-0.4, -0.2) is 43.4 Å². The molecular weight excluding hydrogens is 266 g/mol. The number of rotatable bonds is 3. The van der Waals surface area contributed by atoms with E-state index in [1.54, 1.807) is 7.11 Å². The lowest BCUT2D eigenvalue weighted by molar-refractivity contribution is 0.122. The number of anilines is 1. The van der Waals surface area contributed by atoms with Gasteiger partial charge in [0.05, 0.1) is 31.6 Å². The predicted octanol–water partition coefficient (Wildman–Crippen LogP) is 2.30. The largest absolute Gasteiger partial charge is 0.480 e. The van der Waals surface area contributed by atoms with Gasteiger partial charge in [-0.05, 0) is 24.6 Å². The average Bonchev–Trinajstić information content (AvgIpc) is 2.55. The molecule has 1 aromatic heterocycles. The molecule has 110 valence electrons. The van der Waals surface area contributed by atoms with Crippen LogP contribution in [0.2, 0.25) is 0 Å². The van der Waals surface area contributed by atoms with E-state index >= 15 is 0 Å². The first-order valence-corrected chi connectivity index (χ1v) is 7.08. The van der Waals surface area contributed by atoms with Gasteiger partial charge in [-0.2, -0.15) is 0 Å². The van der Waals surface area contributed by atoms with Crippen molar-refractivity contribution in [3.8, 4) is 17.0 Å². The fraction of sp³-hybridized carbons (Fsp3) is 0.375. The van der Waals surface area contributed by atoms with Crippen molar-refractivity contribution in [2.24, 2.45) is 0 Å². The van der Waals surface area contributed by atoms with Gasteiger partial charge in [-0.3, -0.25) is 0 Å². The SMILES string of the molecule is COc1ncnc(C)c1-c1ccc(N2CCOCC2)cc1. The molecule has 0 amide bonds. The van der Waals surface area contributed by atoms with Crippen LogP contribution >= 0.6 is 0 Å². The fourth-order valence-electron chi connectivity index (χ4n) is 2.60. The van der Waals surface area contributed by atoms with E-state index in [1.165, 1.54) is 12.0 Å². The summed E-state index contributed by atoms with van der Waals surface area (Å²) in [5, 5.41) is 0. The zero-order chi connectivity index (χ0) is 14.7. The molecule has 21 heavy (non-hydrogen) atoms. The maximum absolute atomic E-state index is 5.39. The minimum atomic E-state index is 0.613. The number of aryl methyl sites for hydroxylation is 1. The Bertz CT molecular complexity index is 607. The number of nitrogens with zero attached hydrogens (tertiary/aromatic N) is 3. The third-order valence-corrected chi connectivity index (χ3v) is 3.73. The summed E-state index contributed by atoms with van der Waals surface area (Å²) in [6.07, 6.45) is 1.53. The fourth-order valence-corrected chi connectivity index (χ4v) is 2.60. The molecular formula is C16H19N3O2. The van der Waals surface area contributed by atoms with Crippen LogP contribution < -0.4 is 9.64 Å². The third kappa shape index (κ3) is 2.83. The summed E-state index contributed by atoms with van der Waals surface area (Å²) in [6.45, 7) is 5.43. The van der Waals surface area contributed by atoms with Crippen molar-refractivity contribution in [3.05, 3.63) is 36.3 Å². The first kappa shape index (κ1) is 13.8.